The third-order valence-electron chi connectivity index (χ3n) is 1.99. The molecule has 0 bridgehead atoms. The maximum atomic E-state index is 10.4. The molecule has 5 N–H and O–H groups in total. The van der Waals surface area contributed by atoms with Crippen molar-refractivity contribution in [2.24, 2.45) is 0 Å². The quantitative estimate of drug-likeness (QED) is 0.210. The Balaban J connectivity index is 2.48. The molecule has 1 saturated heterocycles. The van der Waals surface area contributed by atoms with E-state index in [1.807, 2.05) is 0 Å². The summed E-state index contributed by atoms with van der Waals surface area (Å²) in [5.41, 5.74) is 1.74. The number of hydrogen-bond acceptors (Lipinski definition) is 6. The molecule has 0 saturated carbocycles. The fraction of sp³-hybridized carbons (Fsp3) is 1.00. The van der Waals surface area contributed by atoms with Crippen LogP contribution in [0.1, 0.15) is 0 Å². The van der Waals surface area contributed by atoms with Crippen molar-refractivity contribution < 1.29 is 33.9 Å². The van der Waals surface area contributed by atoms with Crippen LogP contribution < -0.4 is 5.48 Å². The molecule has 10 heteroatoms. The van der Waals surface area contributed by atoms with E-state index in [2.05, 4.69) is 4.52 Å². The number of aliphatic hydroxyl groups is 1. The molecule has 1 unspecified atom stereocenters. The zero-order chi connectivity index (χ0) is 11.6. The predicted molar refractivity (Wildman–Crippen MR) is 47.1 cm³/mol. The molecule has 0 aromatic carbocycles. The van der Waals surface area contributed by atoms with E-state index in [4.69, 9.17) is 27.6 Å². The molecule has 0 aliphatic carbocycles. The highest BCUT2D eigenvalue weighted by atomic mass is 31.2. The summed E-state index contributed by atoms with van der Waals surface area (Å²) < 4.78 is 19.4. The van der Waals surface area contributed by atoms with Crippen molar-refractivity contribution in [1.82, 2.24) is 5.48 Å². The lowest BCUT2D eigenvalue weighted by atomic mass is 9.91. The number of nitrogens with one attached hydrogen (secondary N) is 1. The number of ether oxygens (including phenoxy) is 1. The van der Waals surface area contributed by atoms with Crippen LogP contribution in [0.4, 0.5) is 0 Å². The van der Waals surface area contributed by atoms with Crippen molar-refractivity contribution in [1.29, 1.82) is 0 Å². The molecule has 1 aliphatic rings. The number of rotatable bonds is 4. The fourth-order valence-electron chi connectivity index (χ4n) is 1.25. The van der Waals surface area contributed by atoms with E-state index in [0.717, 1.165) is 0 Å². The standard InChI is InChI=1S/C5H11BNO7P/c6-5-3(7-9)4(8)2(14-5)1-13-15(10,11)12/h2-5,7-9H,1H2,(H2,10,11,12)/t2-,3?,4+,5-/m1/s1. The Hall–Kier alpha value is 0.0149. The first kappa shape index (κ1) is 13.1. The highest BCUT2D eigenvalue weighted by Gasteiger charge is 2.41. The third kappa shape index (κ3) is 3.51. The van der Waals surface area contributed by atoms with Gasteiger partial charge in [-0.2, -0.15) is 5.48 Å². The number of aliphatic hydroxyl groups excluding tert-OH is 1. The molecule has 0 aromatic heterocycles. The third-order valence-corrected chi connectivity index (χ3v) is 2.48. The van der Waals surface area contributed by atoms with E-state index in [9.17, 15) is 9.67 Å². The van der Waals surface area contributed by atoms with Crippen molar-refractivity contribution in [2.45, 2.75) is 24.3 Å². The number of phosphoric ester groups is 1. The van der Waals surface area contributed by atoms with Gasteiger partial charge in [0.25, 0.3) is 0 Å². The van der Waals surface area contributed by atoms with Crippen molar-refractivity contribution in [3.8, 4) is 0 Å². The van der Waals surface area contributed by atoms with Crippen molar-refractivity contribution in [2.75, 3.05) is 6.61 Å². The van der Waals surface area contributed by atoms with Crippen LogP contribution in [-0.4, -0.2) is 58.8 Å². The molecule has 1 rings (SSSR count). The molecular weight excluding hydrogens is 228 g/mol. The van der Waals surface area contributed by atoms with Gasteiger partial charge in [-0.05, 0) is 0 Å². The maximum absolute atomic E-state index is 10.4. The molecule has 0 amide bonds. The molecule has 0 aromatic rings. The Morgan fingerprint density at radius 3 is 2.53 bits per heavy atom. The van der Waals surface area contributed by atoms with Gasteiger partial charge in [-0.25, -0.2) is 4.57 Å². The van der Waals surface area contributed by atoms with Crippen LogP contribution in [0.3, 0.4) is 0 Å². The first-order valence-electron chi connectivity index (χ1n) is 4.04. The Labute approximate surface area is 86.8 Å². The van der Waals surface area contributed by atoms with E-state index in [-0.39, 0.29) is 0 Å². The second-order valence-corrected chi connectivity index (χ2v) is 4.31. The lowest BCUT2D eigenvalue weighted by Gasteiger charge is -2.16. The summed E-state index contributed by atoms with van der Waals surface area (Å²) in [4.78, 5) is 16.8. The van der Waals surface area contributed by atoms with Crippen LogP contribution in [0.5, 0.6) is 0 Å². The first-order chi connectivity index (χ1) is 6.85. The van der Waals surface area contributed by atoms with Crippen LogP contribution in [0, 0.1) is 0 Å². The summed E-state index contributed by atoms with van der Waals surface area (Å²) in [6.45, 7) is -0.517. The summed E-state index contributed by atoms with van der Waals surface area (Å²) in [5.74, 6) is 0. The number of phosphoric acid groups is 1. The minimum atomic E-state index is -4.61. The maximum Gasteiger partial charge on any atom is 0.469 e. The molecule has 1 aliphatic heterocycles. The van der Waals surface area contributed by atoms with Crippen LogP contribution in [0.25, 0.3) is 0 Å². The normalized spacial score (nSPS) is 37.1. The first-order valence-corrected chi connectivity index (χ1v) is 5.57. The summed E-state index contributed by atoms with van der Waals surface area (Å²) >= 11 is 0. The Morgan fingerprint density at radius 2 is 2.13 bits per heavy atom. The molecular formula is C5H11BNO7P. The lowest BCUT2D eigenvalue weighted by Crippen LogP contribution is -2.44. The average molecular weight is 239 g/mol. The van der Waals surface area contributed by atoms with Gasteiger partial charge in [-0.3, -0.25) is 4.52 Å². The van der Waals surface area contributed by atoms with Gasteiger partial charge < -0.3 is 24.8 Å². The van der Waals surface area contributed by atoms with E-state index < -0.39 is 38.7 Å². The molecule has 8 nitrogen and oxygen atoms in total. The smallest absolute Gasteiger partial charge is 0.389 e. The molecule has 15 heavy (non-hydrogen) atoms. The summed E-state index contributed by atoms with van der Waals surface area (Å²) in [6, 6.07) is -1.90. The van der Waals surface area contributed by atoms with Gasteiger partial charge >= 0.3 is 7.82 Å². The fourth-order valence-corrected chi connectivity index (χ4v) is 1.59. The van der Waals surface area contributed by atoms with E-state index in [1.54, 1.807) is 5.48 Å². The van der Waals surface area contributed by atoms with E-state index in [0.29, 0.717) is 0 Å². The number of hydroxylamine groups is 1. The molecule has 2 radical (unpaired) electrons. The summed E-state index contributed by atoms with van der Waals surface area (Å²) in [5, 5.41) is 18.0. The Kier molecular flexibility index (Phi) is 4.27. The average Bonchev–Trinajstić information content (AvgIpc) is 2.37. The van der Waals surface area contributed by atoms with Crippen molar-refractivity contribution in [3.63, 3.8) is 0 Å². The zero-order valence-corrected chi connectivity index (χ0v) is 8.45. The molecule has 86 valence electrons. The van der Waals surface area contributed by atoms with E-state index in [1.165, 1.54) is 0 Å². The van der Waals surface area contributed by atoms with Crippen molar-refractivity contribution >= 4 is 15.7 Å². The minimum Gasteiger partial charge on any atom is -0.389 e. The SMILES string of the molecule is [B][C@@H]1O[C@H](COP(=O)(O)O)[C@H](O)C1NO. The highest BCUT2D eigenvalue weighted by Crippen LogP contribution is 2.36. The largest absolute Gasteiger partial charge is 0.469 e. The highest BCUT2D eigenvalue weighted by molar-refractivity contribution is 7.46. The van der Waals surface area contributed by atoms with Gasteiger partial charge in [0.15, 0.2) is 0 Å². The van der Waals surface area contributed by atoms with Gasteiger partial charge in [-0.15, -0.1) is 0 Å². The van der Waals surface area contributed by atoms with Gasteiger partial charge in [0, 0.05) is 6.00 Å². The minimum absolute atomic E-state index is 0.517. The zero-order valence-electron chi connectivity index (χ0n) is 7.55. The van der Waals surface area contributed by atoms with Gasteiger partial charge in [0.1, 0.15) is 20.1 Å². The molecule has 0 spiro atoms. The van der Waals surface area contributed by atoms with Crippen LogP contribution in [-0.2, 0) is 13.8 Å². The van der Waals surface area contributed by atoms with Crippen LogP contribution in [0.15, 0.2) is 0 Å². The Bertz CT molecular complexity index is 260. The molecule has 1 heterocycles. The van der Waals surface area contributed by atoms with Gasteiger partial charge in [0.05, 0.1) is 12.6 Å². The lowest BCUT2D eigenvalue weighted by molar-refractivity contribution is -0.00645. The monoisotopic (exact) mass is 239 g/mol. The summed E-state index contributed by atoms with van der Waals surface area (Å²) in [7, 11) is 0.748. The second-order valence-electron chi connectivity index (χ2n) is 3.07. The van der Waals surface area contributed by atoms with Crippen LogP contribution in [0.2, 0.25) is 0 Å². The van der Waals surface area contributed by atoms with E-state index >= 15 is 0 Å². The summed E-state index contributed by atoms with van der Waals surface area (Å²) in [6.07, 6.45) is -2.21. The number of hydrogen-bond donors (Lipinski definition) is 5. The Morgan fingerprint density at radius 1 is 1.53 bits per heavy atom. The second kappa shape index (κ2) is 4.90. The van der Waals surface area contributed by atoms with Crippen LogP contribution >= 0.6 is 7.82 Å². The molecule has 1 fully saturated rings. The predicted octanol–water partition coefficient (Wildman–Crippen LogP) is -2.30. The van der Waals surface area contributed by atoms with Gasteiger partial charge in [-0.1, -0.05) is 0 Å². The van der Waals surface area contributed by atoms with Crippen molar-refractivity contribution in [3.05, 3.63) is 0 Å². The topological polar surface area (TPSA) is 128 Å². The van der Waals surface area contributed by atoms with Gasteiger partial charge in [0.2, 0.25) is 0 Å². The molecule has 4 atom stereocenters.